The molecule has 0 bridgehead atoms. The minimum Gasteiger partial charge on any atom is -0.372 e. The Bertz CT molecular complexity index is 838. The van der Waals surface area contributed by atoms with E-state index in [1.165, 1.54) is 28.7 Å². The Morgan fingerprint density at radius 1 is 1.24 bits per heavy atom. The third kappa shape index (κ3) is 1.92. The van der Waals surface area contributed by atoms with E-state index in [0.717, 1.165) is 34.0 Å². The van der Waals surface area contributed by atoms with Crippen LogP contribution in [0.25, 0.3) is 21.6 Å². The largest absolute Gasteiger partial charge is 0.372 e. The van der Waals surface area contributed by atoms with E-state index in [-0.39, 0.29) is 0 Å². The Kier molecular flexibility index (Phi) is 2.89. The zero-order valence-electron chi connectivity index (χ0n) is 12.1. The fourth-order valence-corrected chi connectivity index (χ4v) is 4.26. The first-order valence-corrected chi connectivity index (χ1v) is 8.00. The van der Waals surface area contributed by atoms with E-state index < -0.39 is 0 Å². The lowest BCUT2D eigenvalue weighted by Gasteiger charge is -2.08. The topological polar surface area (TPSA) is 50.7 Å². The zero-order chi connectivity index (χ0) is 14.4. The number of nitrogens with zero attached hydrogens (tertiary/aromatic N) is 3. The third-order valence-corrected chi connectivity index (χ3v) is 5.27. The summed E-state index contributed by atoms with van der Waals surface area (Å²) in [5.41, 5.74) is 3.61. The highest BCUT2D eigenvalue weighted by Gasteiger charge is 2.22. The second kappa shape index (κ2) is 4.77. The van der Waals surface area contributed by atoms with Crippen LogP contribution in [0.5, 0.6) is 0 Å². The number of fused-ring (bicyclic) bond motifs is 3. The van der Waals surface area contributed by atoms with Gasteiger partial charge in [-0.3, -0.25) is 4.98 Å². The predicted octanol–water partition coefficient (Wildman–Crippen LogP) is 3.59. The van der Waals surface area contributed by atoms with Crippen LogP contribution in [0.15, 0.2) is 18.5 Å². The van der Waals surface area contributed by atoms with Crippen LogP contribution in [0.2, 0.25) is 0 Å². The number of nitrogens with one attached hydrogen (secondary N) is 1. The van der Waals surface area contributed by atoms with E-state index in [9.17, 15) is 0 Å². The number of aryl methyl sites for hydroxylation is 3. The zero-order valence-corrected chi connectivity index (χ0v) is 12.9. The Morgan fingerprint density at radius 2 is 2.14 bits per heavy atom. The number of thiophene rings is 1. The van der Waals surface area contributed by atoms with Gasteiger partial charge < -0.3 is 5.32 Å². The third-order valence-electron chi connectivity index (χ3n) is 4.08. The van der Waals surface area contributed by atoms with Gasteiger partial charge in [0.25, 0.3) is 0 Å². The maximum atomic E-state index is 4.81. The molecule has 0 aliphatic heterocycles. The molecule has 0 spiro atoms. The molecule has 3 aromatic rings. The van der Waals surface area contributed by atoms with Crippen molar-refractivity contribution >= 4 is 27.4 Å². The van der Waals surface area contributed by atoms with Crippen LogP contribution >= 0.6 is 11.3 Å². The number of rotatable bonds is 2. The van der Waals surface area contributed by atoms with Crippen molar-refractivity contribution in [2.24, 2.45) is 0 Å². The van der Waals surface area contributed by atoms with Gasteiger partial charge in [-0.15, -0.1) is 11.3 Å². The molecular formula is C16H16N4S. The van der Waals surface area contributed by atoms with Crippen molar-refractivity contribution in [1.82, 2.24) is 15.0 Å². The van der Waals surface area contributed by atoms with Crippen molar-refractivity contribution in [3.63, 3.8) is 0 Å². The van der Waals surface area contributed by atoms with Crippen LogP contribution < -0.4 is 5.32 Å². The Hall–Kier alpha value is -2.01. The van der Waals surface area contributed by atoms with Crippen molar-refractivity contribution in [3.05, 3.63) is 34.5 Å². The molecule has 1 N–H and O–H groups in total. The molecule has 3 aromatic heterocycles. The molecule has 0 aromatic carbocycles. The van der Waals surface area contributed by atoms with Crippen LogP contribution in [0.1, 0.15) is 22.4 Å². The minimum absolute atomic E-state index is 0.761. The summed E-state index contributed by atoms with van der Waals surface area (Å²) in [5.74, 6) is 1.70. The average molecular weight is 296 g/mol. The van der Waals surface area contributed by atoms with Crippen LogP contribution in [0, 0.1) is 6.92 Å². The number of hydrogen-bond donors (Lipinski definition) is 1. The van der Waals surface area contributed by atoms with Crippen molar-refractivity contribution in [3.8, 4) is 11.4 Å². The lowest BCUT2D eigenvalue weighted by molar-refractivity contribution is 0.917. The monoisotopic (exact) mass is 296 g/mol. The van der Waals surface area contributed by atoms with E-state index in [1.54, 1.807) is 6.20 Å². The molecule has 1 aliphatic carbocycles. The van der Waals surface area contributed by atoms with E-state index in [4.69, 9.17) is 9.97 Å². The first-order chi connectivity index (χ1) is 10.3. The molecule has 1 aliphatic rings. The summed E-state index contributed by atoms with van der Waals surface area (Å²) in [6.07, 6.45) is 7.23. The molecule has 0 fully saturated rings. The quantitative estimate of drug-likeness (QED) is 0.785. The SMILES string of the molecule is CNc1nc(-c2cnccc2C)nc2sc3c(c12)CCC3. The van der Waals surface area contributed by atoms with Gasteiger partial charge in [-0.25, -0.2) is 9.97 Å². The molecule has 106 valence electrons. The molecule has 3 heterocycles. The summed E-state index contributed by atoms with van der Waals surface area (Å²) < 4.78 is 0. The van der Waals surface area contributed by atoms with Gasteiger partial charge >= 0.3 is 0 Å². The molecule has 4 rings (SSSR count). The van der Waals surface area contributed by atoms with Gasteiger partial charge in [0.15, 0.2) is 5.82 Å². The predicted molar refractivity (Wildman–Crippen MR) is 87.0 cm³/mol. The fourth-order valence-electron chi connectivity index (χ4n) is 3.00. The van der Waals surface area contributed by atoms with Crippen LogP contribution in [-0.4, -0.2) is 22.0 Å². The van der Waals surface area contributed by atoms with Crippen LogP contribution in [0.3, 0.4) is 0 Å². The standard InChI is InChI=1S/C16H16N4S/c1-9-6-7-18-8-11(9)14-19-15(17-2)13-10-4-3-5-12(10)21-16(13)20-14/h6-8H,3-5H2,1-2H3,(H,17,19,20). The Balaban J connectivity index is 1.99. The van der Waals surface area contributed by atoms with Gasteiger partial charge in [-0.2, -0.15) is 0 Å². The number of anilines is 1. The molecule has 4 nitrogen and oxygen atoms in total. The van der Waals surface area contributed by atoms with E-state index in [1.807, 2.05) is 30.6 Å². The molecular weight excluding hydrogens is 280 g/mol. The molecule has 0 amide bonds. The second-order valence-corrected chi connectivity index (χ2v) is 6.46. The molecule has 0 radical (unpaired) electrons. The summed E-state index contributed by atoms with van der Waals surface area (Å²) in [6.45, 7) is 2.07. The van der Waals surface area contributed by atoms with E-state index in [2.05, 4.69) is 17.2 Å². The van der Waals surface area contributed by atoms with Gasteiger partial charge in [0.2, 0.25) is 0 Å². The summed E-state index contributed by atoms with van der Waals surface area (Å²) in [5, 5.41) is 4.47. The van der Waals surface area contributed by atoms with Crippen molar-refractivity contribution < 1.29 is 0 Å². The highest BCUT2D eigenvalue weighted by Crippen LogP contribution is 2.40. The molecule has 0 saturated heterocycles. The first-order valence-electron chi connectivity index (χ1n) is 7.19. The molecule has 0 atom stereocenters. The lowest BCUT2D eigenvalue weighted by Crippen LogP contribution is -1.99. The van der Waals surface area contributed by atoms with Gasteiger partial charge in [-0.05, 0) is 43.4 Å². The maximum absolute atomic E-state index is 4.81. The van der Waals surface area contributed by atoms with Crippen molar-refractivity contribution in [1.29, 1.82) is 0 Å². The summed E-state index contributed by atoms with van der Waals surface area (Å²) in [4.78, 5) is 16.3. The molecule has 5 heteroatoms. The van der Waals surface area contributed by atoms with Crippen molar-refractivity contribution in [2.75, 3.05) is 12.4 Å². The molecule has 0 unspecified atom stereocenters. The number of pyridine rings is 1. The molecule has 0 saturated carbocycles. The number of aromatic nitrogens is 3. The fraction of sp³-hybridized carbons (Fsp3) is 0.312. The summed E-state index contributed by atoms with van der Waals surface area (Å²) in [7, 11) is 1.93. The number of hydrogen-bond acceptors (Lipinski definition) is 5. The second-order valence-electron chi connectivity index (χ2n) is 5.37. The average Bonchev–Trinajstić information content (AvgIpc) is 3.07. The van der Waals surface area contributed by atoms with Gasteiger partial charge in [0.1, 0.15) is 10.6 Å². The van der Waals surface area contributed by atoms with Gasteiger partial charge in [0.05, 0.1) is 5.39 Å². The van der Waals surface area contributed by atoms with Gasteiger partial charge in [0, 0.05) is 29.9 Å². The van der Waals surface area contributed by atoms with Gasteiger partial charge in [-0.1, -0.05) is 0 Å². The smallest absolute Gasteiger partial charge is 0.164 e. The van der Waals surface area contributed by atoms with Crippen molar-refractivity contribution in [2.45, 2.75) is 26.2 Å². The Labute approximate surface area is 127 Å². The molecule has 21 heavy (non-hydrogen) atoms. The van der Waals surface area contributed by atoms with Crippen LogP contribution in [-0.2, 0) is 12.8 Å². The van der Waals surface area contributed by atoms with E-state index >= 15 is 0 Å². The highest BCUT2D eigenvalue weighted by molar-refractivity contribution is 7.19. The Morgan fingerprint density at radius 3 is 2.95 bits per heavy atom. The highest BCUT2D eigenvalue weighted by atomic mass is 32.1. The maximum Gasteiger partial charge on any atom is 0.164 e. The minimum atomic E-state index is 0.761. The lowest BCUT2D eigenvalue weighted by atomic mass is 10.1. The van der Waals surface area contributed by atoms with Crippen LogP contribution in [0.4, 0.5) is 5.82 Å². The summed E-state index contributed by atoms with van der Waals surface area (Å²) in [6, 6.07) is 2.00. The normalized spacial score (nSPS) is 13.6. The summed E-state index contributed by atoms with van der Waals surface area (Å²) >= 11 is 1.82. The first kappa shape index (κ1) is 12.7. The van der Waals surface area contributed by atoms with E-state index in [0.29, 0.717) is 0 Å².